The minimum atomic E-state index is -4.36. The fourth-order valence-electron chi connectivity index (χ4n) is 4.25. The molecule has 1 saturated heterocycles. The highest BCUT2D eigenvalue weighted by Gasteiger charge is 2.41. The lowest BCUT2D eigenvalue weighted by Crippen LogP contribution is -2.43. The first-order valence-electron chi connectivity index (χ1n) is 10.5. The normalized spacial score (nSPS) is 16.9. The van der Waals surface area contributed by atoms with Gasteiger partial charge in [0.05, 0.1) is 5.56 Å². The molecule has 0 atom stereocenters. The lowest BCUT2D eigenvalue weighted by molar-refractivity contribution is -0.138. The van der Waals surface area contributed by atoms with E-state index in [0.29, 0.717) is 56.2 Å². The smallest absolute Gasteiger partial charge is 0.385 e. The summed E-state index contributed by atoms with van der Waals surface area (Å²) in [6, 6.07) is 9.38. The van der Waals surface area contributed by atoms with Gasteiger partial charge in [0.15, 0.2) is 5.82 Å². The van der Waals surface area contributed by atoms with E-state index >= 15 is 0 Å². The van der Waals surface area contributed by atoms with Crippen LogP contribution in [0.5, 0.6) is 0 Å². The molecule has 2 aromatic heterocycles. The fraction of sp³-hybridized carbons (Fsp3) is 0.435. The highest BCUT2D eigenvalue weighted by Crippen LogP contribution is 2.39. The molecule has 3 heterocycles. The van der Waals surface area contributed by atoms with Crippen LogP contribution in [-0.4, -0.2) is 46.8 Å². The minimum Gasteiger partial charge on any atom is -0.385 e. The van der Waals surface area contributed by atoms with Gasteiger partial charge in [0, 0.05) is 43.6 Å². The van der Waals surface area contributed by atoms with Crippen molar-refractivity contribution in [1.29, 1.82) is 0 Å². The van der Waals surface area contributed by atoms with Crippen LogP contribution in [0.4, 0.5) is 13.2 Å². The molecule has 6 nitrogen and oxygen atoms in total. The number of nitrogens with zero attached hydrogens (tertiary/aromatic N) is 4. The number of benzene rings is 1. The monoisotopic (exact) mass is 446 g/mol. The summed E-state index contributed by atoms with van der Waals surface area (Å²) in [4.78, 5) is 10.7. The molecular weight excluding hydrogens is 421 g/mol. The zero-order valence-corrected chi connectivity index (χ0v) is 17.8. The van der Waals surface area contributed by atoms with E-state index in [2.05, 4.69) is 20.0 Å². The molecule has 0 saturated carbocycles. The van der Waals surface area contributed by atoms with Crippen molar-refractivity contribution >= 4 is 0 Å². The van der Waals surface area contributed by atoms with Crippen molar-refractivity contribution in [3.63, 3.8) is 0 Å². The number of aromatic nitrogens is 3. The Balaban J connectivity index is 1.51. The van der Waals surface area contributed by atoms with Gasteiger partial charge in [-0.25, -0.2) is 0 Å². The molecule has 9 heteroatoms. The van der Waals surface area contributed by atoms with Crippen molar-refractivity contribution in [1.82, 2.24) is 20.0 Å². The summed E-state index contributed by atoms with van der Waals surface area (Å²) in [5.41, 5.74) is 0.173. The maximum absolute atomic E-state index is 13.4. The van der Waals surface area contributed by atoms with Crippen LogP contribution in [0.25, 0.3) is 11.5 Å². The van der Waals surface area contributed by atoms with Gasteiger partial charge in [-0.15, -0.1) is 0 Å². The number of pyridine rings is 1. The molecule has 0 spiro atoms. The zero-order chi connectivity index (χ0) is 22.6. The van der Waals surface area contributed by atoms with Gasteiger partial charge in [0.25, 0.3) is 5.89 Å². The van der Waals surface area contributed by atoms with E-state index in [1.165, 1.54) is 6.07 Å². The van der Waals surface area contributed by atoms with Crippen molar-refractivity contribution < 1.29 is 22.4 Å². The lowest BCUT2D eigenvalue weighted by atomic mass is 9.75. The number of hydrogen-bond acceptors (Lipinski definition) is 6. The molecular formula is C23H25F3N4O2. The van der Waals surface area contributed by atoms with Crippen LogP contribution in [0.1, 0.15) is 36.2 Å². The van der Waals surface area contributed by atoms with Crippen LogP contribution >= 0.6 is 0 Å². The van der Waals surface area contributed by atoms with E-state index in [-0.39, 0.29) is 12.0 Å². The largest absolute Gasteiger partial charge is 0.416 e. The van der Waals surface area contributed by atoms with E-state index in [9.17, 15) is 13.2 Å². The van der Waals surface area contributed by atoms with Gasteiger partial charge in [-0.3, -0.25) is 9.88 Å². The van der Waals surface area contributed by atoms with Gasteiger partial charge in [0.2, 0.25) is 0 Å². The van der Waals surface area contributed by atoms with E-state index in [4.69, 9.17) is 9.26 Å². The summed E-state index contributed by atoms with van der Waals surface area (Å²) in [6.45, 7) is 2.06. The van der Waals surface area contributed by atoms with Crippen molar-refractivity contribution in [3.05, 3.63) is 65.7 Å². The molecule has 0 bridgehead atoms. The minimum absolute atomic E-state index is 0.255. The molecule has 0 unspecified atom stereocenters. The van der Waals surface area contributed by atoms with Gasteiger partial charge in [-0.05, 0) is 56.1 Å². The number of alkyl halides is 3. The predicted molar refractivity (Wildman–Crippen MR) is 112 cm³/mol. The summed E-state index contributed by atoms with van der Waals surface area (Å²) < 4.78 is 50.9. The number of halogens is 3. The first-order chi connectivity index (χ1) is 15.4. The van der Waals surface area contributed by atoms with Gasteiger partial charge >= 0.3 is 6.18 Å². The molecule has 1 aliphatic heterocycles. The number of hydrogen-bond donors (Lipinski definition) is 0. The third-order valence-electron chi connectivity index (χ3n) is 6.14. The molecule has 170 valence electrons. The van der Waals surface area contributed by atoms with E-state index in [1.54, 1.807) is 43.8 Å². The van der Waals surface area contributed by atoms with Crippen molar-refractivity contribution in [2.24, 2.45) is 0 Å². The van der Waals surface area contributed by atoms with Crippen LogP contribution in [0.2, 0.25) is 0 Å². The molecule has 3 aromatic rings. The summed E-state index contributed by atoms with van der Waals surface area (Å²) in [7, 11) is 1.65. The molecule has 0 amide bonds. The molecule has 0 N–H and O–H groups in total. The molecule has 1 aromatic carbocycles. The fourth-order valence-corrected chi connectivity index (χ4v) is 4.25. The van der Waals surface area contributed by atoms with E-state index in [0.717, 1.165) is 11.6 Å². The van der Waals surface area contributed by atoms with E-state index in [1.807, 2.05) is 0 Å². The van der Waals surface area contributed by atoms with Crippen LogP contribution in [0.15, 0.2) is 53.3 Å². The van der Waals surface area contributed by atoms with E-state index < -0.39 is 11.7 Å². The van der Waals surface area contributed by atoms with Gasteiger partial charge in [-0.2, -0.15) is 18.2 Å². The Morgan fingerprint density at radius 1 is 1.09 bits per heavy atom. The van der Waals surface area contributed by atoms with Crippen LogP contribution < -0.4 is 0 Å². The molecule has 0 radical (unpaired) electrons. The number of piperidine rings is 1. The highest BCUT2D eigenvalue weighted by molar-refractivity contribution is 5.51. The maximum atomic E-state index is 13.4. The third-order valence-corrected chi connectivity index (χ3v) is 6.14. The molecule has 1 fully saturated rings. The Morgan fingerprint density at radius 3 is 2.50 bits per heavy atom. The Bertz CT molecular complexity index is 1020. The molecule has 32 heavy (non-hydrogen) atoms. The van der Waals surface area contributed by atoms with Crippen LogP contribution in [0, 0.1) is 0 Å². The van der Waals surface area contributed by atoms with Crippen LogP contribution in [0.3, 0.4) is 0 Å². The second-order valence-corrected chi connectivity index (χ2v) is 8.11. The second-order valence-electron chi connectivity index (χ2n) is 8.11. The van der Waals surface area contributed by atoms with Gasteiger partial charge in [-0.1, -0.05) is 23.4 Å². The third kappa shape index (κ3) is 4.83. The summed E-state index contributed by atoms with van der Waals surface area (Å²) in [6.07, 6.45) is 1.10. The molecule has 4 rings (SSSR count). The van der Waals surface area contributed by atoms with Gasteiger partial charge in [0.1, 0.15) is 0 Å². The topological polar surface area (TPSA) is 64.3 Å². The summed E-state index contributed by atoms with van der Waals surface area (Å²) >= 11 is 0. The SMILES string of the molecule is COCCC1(c2noc(-c3ccncc3)n2)CCN(Cc2ccccc2C(F)(F)F)CC1. The molecule has 0 aliphatic carbocycles. The molecule has 1 aliphatic rings. The van der Waals surface area contributed by atoms with Gasteiger partial charge < -0.3 is 9.26 Å². The predicted octanol–water partition coefficient (Wildman–Crippen LogP) is 4.72. The number of ether oxygens (including phenoxy) is 1. The highest BCUT2D eigenvalue weighted by atomic mass is 19.4. The Hall–Kier alpha value is -2.78. The Kier molecular flexibility index (Phi) is 6.57. The van der Waals surface area contributed by atoms with Crippen LogP contribution in [-0.2, 0) is 22.9 Å². The number of rotatable bonds is 7. The Labute approximate surface area is 184 Å². The summed E-state index contributed by atoms with van der Waals surface area (Å²) in [5, 5.41) is 4.27. The first-order valence-corrected chi connectivity index (χ1v) is 10.5. The average Bonchev–Trinajstić information content (AvgIpc) is 3.30. The van der Waals surface area contributed by atoms with Crippen molar-refractivity contribution in [2.75, 3.05) is 26.8 Å². The van der Waals surface area contributed by atoms with Crippen molar-refractivity contribution in [2.45, 2.75) is 37.4 Å². The summed E-state index contributed by atoms with van der Waals surface area (Å²) in [5.74, 6) is 1.05. The average molecular weight is 446 g/mol. The quantitative estimate of drug-likeness (QED) is 0.523. The van der Waals surface area contributed by atoms with Crippen molar-refractivity contribution in [3.8, 4) is 11.5 Å². The standard InChI is InChI=1S/C23H25F3N4O2/c1-31-15-10-22(21-28-20(32-29-21)17-6-11-27-12-7-17)8-13-30(14-9-22)16-18-4-2-3-5-19(18)23(24,25)26/h2-7,11-12H,8-10,13-16H2,1H3. The number of likely N-dealkylation sites (tertiary alicyclic amines) is 1. The zero-order valence-electron chi connectivity index (χ0n) is 17.8. The first kappa shape index (κ1) is 22.4. The maximum Gasteiger partial charge on any atom is 0.416 e. The second kappa shape index (κ2) is 9.38. The lowest BCUT2D eigenvalue weighted by Gasteiger charge is -2.40. The Morgan fingerprint density at radius 2 is 1.81 bits per heavy atom. The number of methoxy groups -OCH3 is 1.